The third-order valence-corrected chi connectivity index (χ3v) is 7.18. The number of rotatable bonds is 5. The van der Waals surface area contributed by atoms with Crippen molar-refractivity contribution in [3.8, 4) is 17.5 Å². The highest BCUT2D eigenvalue weighted by molar-refractivity contribution is 7.17. The monoisotopic (exact) mass is 457 g/mol. The highest BCUT2D eigenvalue weighted by Crippen LogP contribution is 2.41. The van der Waals surface area contributed by atoms with Crippen LogP contribution in [0.25, 0.3) is 16.5 Å². The number of aromatic nitrogens is 3. The van der Waals surface area contributed by atoms with Crippen molar-refractivity contribution >= 4 is 22.0 Å². The van der Waals surface area contributed by atoms with Gasteiger partial charge in [-0.1, -0.05) is 59.9 Å². The lowest BCUT2D eigenvalue weighted by Crippen LogP contribution is -2.47. The van der Waals surface area contributed by atoms with E-state index in [1.165, 1.54) is 21.5 Å². The van der Waals surface area contributed by atoms with Crippen molar-refractivity contribution in [3.05, 3.63) is 89.5 Å². The molecule has 5 aromatic rings. The van der Waals surface area contributed by atoms with Crippen LogP contribution in [0, 0.1) is 0 Å². The predicted octanol–water partition coefficient (Wildman–Crippen LogP) is 4.67. The van der Waals surface area contributed by atoms with E-state index >= 15 is 0 Å². The second-order valence-corrected chi connectivity index (χ2v) is 9.08. The first-order chi connectivity index (χ1) is 16.3. The Balaban J connectivity index is 1.33. The van der Waals surface area contributed by atoms with Crippen molar-refractivity contribution in [1.29, 1.82) is 0 Å². The van der Waals surface area contributed by atoms with Crippen LogP contribution in [0.4, 0.5) is 5.69 Å². The van der Waals surface area contributed by atoms with E-state index in [1.54, 1.807) is 12.3 Å². The lowest BCUT2D eigenvalue weighted by atomic mass is 10.0. The number of fused-ring (bicyclic) bond motifs is 1. The maximum Gasteiger partial charge on any atom is 0.230 e. The summed E-state index contributed by atoms with van der Waals surface area (Å²) in [4.78, 5) is 11.0. The van der Waals surface area contributed by atoms with Gasteiger partial charge < -0.3 is 14.4 Å². The molecule has 166 valence electrons. The van der Waals surface area contributed by atoms with Crippen LogP contribution >= 0.6 is 11.3 Å². The molecule has 1 saturated heterocycles. The molecule has 8 heteroatoms. The molecule has 0 saturated carbocycles. The highest BCUT2D eigenvalue weighted by atomic mass is 32.1. The van der Waals surface area contributed by atoms with Gasteiger partial charge in [0.25, 0.3) is 0 Å². The number of nitrogens with zero attached hydrogens (tertiary/aromatic N) is 5. The van der Waals surface area contributed by atoms with E-state index in [4.69, 9.17) is 4.42 Å². The largest absolute Gasteiger partial charge is 0.492 e. The predicted molar refractivity (Wildman–Crippen MR) is 129 cm³/mol. The molecule has 0 bridgehead atoms. The number of benzene rings is 2. The molecule has 2 aromatic carbocycles. The molecule has 0 unspecified atom stereocenters. The molecular weight excluding hydrogens is 434 g/mol. The SMILES string of the molecule is Oc1c([C@H](c2ccccc2)N2CCN(c3ccccc3)CC2)sc2nc(-c3ccco3)nn12. The van der Waals surface area contributed by atoms with E-state index in [0.29, 0.717) is 16.5 Å². The molecule has 1 aliphatic rings. The number of piperazine rings is 1. The third-order valence-electron chi connectivity index (χ3n) is 6.11. The molecule has 1 aliphatic heterocycles. The Labute approximate surface area is 195 Å². The first-order valence-electron chi connectivity index (χ1n) is 11.0. The summed E-state index contributed by atoms with van der Waals surface area (Å²) in [5.74, 6) is 1.20. The van der Waals surface area contributed by atoms with E-state index in [0.717, 1.165) is 36.6 Å². The summed E-state index contributed by atoms with van der Waals surface area (Å²) in [6.45, 7) is 3.63. The zero-order valence-electron chi connectivity index (χ0n) is 17.9. The molecule has 1 N–H and O–H groups in total. The Hall–Kier alpha value is -3.62. The van der Waals surface area contributed by atoms with Crippen molar-refractivity contribution in [2.75, 3.05) is 31.1 Å². The minimum Gasteiger partial charge on any atom is -0.492 e. The second-order valence-electron chi connectivity index (χ2n) is 8.07. The molecule has 0 aliphatic carbocycles. The van der Waals surface area contributed by atoms with Gasteiger partial charge >= 0.3 is 0 Å². The molecule has 3 aromatic heterocycles. The molecule has 6 rings (SSSR count). The standard InChI is InChI=1S/C25H23N5O2S/c31-24-22(33-25-26-23(27-30(24)25)20-12-7-17-32-20)21(18-8-3-1-4-9-18)29-15-13-28(14-16-29)19-10-5-2-6-11-19/h1-12,17,21,31H,13-16H2/t21-/m0/s1. The van der Waals surface area contributed by atoms with Crippen molar-refractivity contribution in [1.82, 2.24) is 19.5 Å². The molecule has 0 spiro atoms. The van der Waals surface area contributed by atoms with Crippen LogP contribution in [-0.4, -0.2) is 50.8 Å². The molecule has 33 heavy (non-hydrogen) atoms. The number of aromatic hydroxyl groups is 1. The van der Waals surface area contributed by atoms with Crippen LogP contribution in [0.15, 0.2) is 83.5 Å². The summed E-state index contributed by atoms with van der Waals surface area (Å²) in [6, 6.07) is 24.4. The maximum absolute atomic E-state index is 11.2. The Morgan fingerprint density at radius 1 is 0.879 bits per heavy atom. The third kappa shape index (κ3) is 3.67. The number of furan rings is 1. The summed E-state index contributed by atoms with van der Waals surface area (Å²) in [6.07, 6.45) is 1.59. The topological polar surface area (TPSA) is 70.0 Å². The van der Waals surface area contributed by atoms with E-state index in [1.807, 2.05) is 30.3 Å². The fraction of sp³-hybridized carbons (Fsp3) is 0.200. The Bertz CT molecular complexity index is 1340. The number of para-hydroxylation sites is 1. The average molecular weight is 458 g/mol. The van der Waals surface area contributed by atoms with E-state index in [-0.39, 0.29) is 11.9 Å². The van der Waals surface area contributed by atoms with Gasteiger partial charge in [0.15, 0.2) is 5.76 Å². The highest BCUT2D eigenvalue weighted by Gasteiger charge is 2.32. The Morgan fingerprint density at radius 2 is 1.61 bits per heavy atom. The molecule has 1 fully saturated rings. The molecule has 7 nitrogen and oxygen atoms in total. The minimum atomic E-state index is -0.0651. The van der Waals surface area contributed by atoms with Crippen LogP contribution in [0.1, 0.15) is 16.5 Å². The van der Waals surface area contributed by atoms with Crippen LogP contribution in [0.3, 0.4) is 0 Å². The fourth-order valence-electron chi connectivity index (χ4n) is 4.48. The number of hydrogen-bond donors (Lipinski definition) is 1. The van der Waals surface area contributed by atoms with Gasteiger partial charge in [-0.3, -0.25) is 4.90 Å². The normalized spacial score (nSPS) is 15.8. The summed E-state index contributed by atoms with van der Waals surface area (Å²) < 4.78 is 6.94. The van der Waals surface area contributed by atoms with Crippen LogP contribution in [0.5, 0.6) is 5.88 Å². The van der Waals surface area contributed by atoms with Gasteiger partial charge in [-0.2, -0.15) is 9.50 Å². The Kier molecular flexibility index (Phi) is 5.09. The van der Waals surface area contributed by atoms with Crippen molar-refractivity contribution < 1.29 is 9.52 Å². The number of anilines is 1. The molecular formula is C25H23N5O2S. The van der Waals surface area contributed by atoms with Crippen LogP contribution in [0.2, 0.25) is 0 Å². The van der Waals surface area contributed by atoms with Crippen molar-refractivity contribution in [2.24, 2.45) is 0 Å². The Morgan fingerprint density at radius 3 is 2.27 bits per heavy atom. The summed E-state index contributed by atoms with van der Waals surface area (Å²) >= 11 is 1.48. The van der Waals surface area contributed by atoms with Crippen LogP contribution < -0.4 is 4.90 Å². The van der Waals surface area contributed by atoms with Crippen LogP contribution in [-0.2, 0) is 0 Å². The summed E-state index contributed by atoms with van der Waals surface area (Å²) in [5.41, 5.74) is 2.40. The summed E-state index contributed by atoms with van der Waals surface area (Å²) in [5, 5.41) is 15.7. The lowest BCUT2D eigenvalue weighted by Gasteiger charge is -2.40. The summed E-state index contributed by atoms with van der Waals surface area (Å²) in [7, 11) is 0. The second kappa shape index (κ2) is 8.38. The molecule has 0 amide bonds. The van der Waals surface area contributed by atoms with Crippen molar-refractivity contribution in [2.45, 2.75) is 6.04 Å². The minimum absolute atomic E-state index is 0.0651. The smallest absolute Gasteiger partial charge is 0.230 e. The zero-order valence-corrected chi connectivity index (χ0v) is 18.7. The average Bonchev–Trinajstić information content (AvgIpc) is 3.60. The first-order valence-corrected chi connectivity index (χ1v) is 11.8. The van der Waals surface area contributed by atoms with E-state index in [9.17, 15) is 5.11 Å². The van der Waals surface area contributed by atoms with E-state index < -0.39 is 0 Å². The molecule has 0 radical (unpaired) electrons. The van der Waals surface area contributed by atoms with Gasteiger partial charge in [-0.05, 0) is 29.8 Å². The van der Waals surface area contributed by atoms with Gasteiger partial charge in [0.05, 0.1) is 17.2 Å². The quantitative estimate of drug-likeness (QED) is 0.414. The first kappa shape index (κ1) is 20.0. The van der Waals surface area contributed by atoms with E-state index in [2.05, 4.69) is 56.3 Å². The maximum atomic E-state index is 11.2. The lowest BCUT2D eigenvalue weighted by molar-refractivity contribution is 0.211. The number of thiazole rings is 1. The van der Waals surface area contributed by atoms with Crippen molar-refractivity contribution in [3.63, 3.8) is 0 Å². The zero-order chi connectivity index (χ0) is 22.2. The number of hydrogen-bond acceptors (Lipinski definition) is 7. The van der Waals surface area contributed by atoms with Gasteiger partial charge in [-0.15, -0.1) is 5.10 Å². The van der Waals surface area contributed by atoms with Gasteiger partial charge in [0, 0.05) is 31.9 Å². The van der Waals surface area contributed by atoms with Gasteiger partial charge in [0.1, 0.15) is 0 Å². The fourth-order valence-corrected chi connectivity index (χ4v) is 5.60. The molecule has 4 heterocycles. The van der Waals surface area contributed by atoms with Gasteiger partial charge in [-0.25, -0.2) is 0 Å². The van der Waals surface area contributed by atoms with Gasteiger partial charge in [0.2, 0.25) is 16.7 Å². The molecule has 1 atom stereocenters.